The van der Waals surface area contributed by atoms with E-state index in [0.29, 0.717) is 6.04 Å². The molecule has 1 fully saturated rings. The van der Waals surface area contributed by atoms with Crippen LogP contribution in [0.4, 0.5) is 5.95 Å². The van der Waals surface area contributed by atoms with Gasteiger partial charge in [0.25, 0.3) is 0 Å². The highest BCUT2D eigenvalue weighted by atomic mass is 15.3. The summed E-state index contributed by atoms with van der Waals surface area (Å²) in [6.45, 7) is 5.07. The van der Waals surface area contributed by atoms with Crippen molar-refractivity contribution in [1.29, 1.82) is 0 Å². The molecule has 1 aliphatic rings. The molecule has 1 aromatic heterocycles. The van der Waals surface area contributed by atoms with Crippen molar-refractivity contribution >= 4 is 5.95 Å². The first-order valence-electron chi connectivity index (χ1n) is 5.84. The largest absolute Gasteiger partial charge is 0.338 e. The number of hydrogen-bond donors (Lipinski definition) is 1. The minimum Gasteiger partial charge on any atom is -0.338 e. The predicted octanol–water partition coefficient (Wildman–Crippen LogP) is 1.22. The number of nitrogens with zero attached hydrogens (tertiary/aromatic N) is 3. The van der Waals surface area contributed by atoms with Crippen LogP contribution >= 0.6 is 0 Å². The fourth-order valence-corrected chi connectivity index (χ4v) is 2.32. The summed E-state index contributed by atoms with van der Waals surface area (Å²) in [4.78, 5) is 6.81. The molecule has 1 aromatic rings. The smallest absolute Gasteiger partial charge is 0.205 e. The number of anilines is 1. The maximum Gasteiger partial charge on any atom is 0.205 e. The Morgan fingerprint density at radius 3 is 3.20 bits per heavy atom. The Balaban J connectivity index is 2.16. The zero-order valence-corrected chi connectivity index (χ0v) is 9.39. The van der Waals surface area contributed by atoms with Crippen LogP contribution in [0.15, 0.2) is 12.4 Å². The maximum absolute atomic E-state index is 5.78. The van der Waals surface area contributed by atoms with Crippen molar-refractivity contribution in [3.8, 4) is 0 Å². The lowest BCUT2D eigenvalue weighted by molar-refractivity contribution is 0.619. The van der Waals surface area contributed by atoms with Crippen LogP contribution in [-0.2, 0) is 6.54 Å². The minimum absolute atomic E-state index is 0.489. The highest BCUT2D eigenvalue weighted by Crippen LogP contribution is 2.23. The van der Waals surface area contributed by atoms with Gasteiger partial charge in [0.2, 0.25) is 5.95 Å². The van der Waals surface area contributed by atoms with E-state index < -0.39 is 0 Å². The first kappa shape index (κ1) is 10.5. The van der Waals surface area contributed by atoms with Crippen LogP contribution in [0.5, 0.6) is 0 Å². The summed E-state index contributed by atoms with van der Waals surface area (Å²) in [5.41, 5.74) is 5.78. The Labute approximate surface area is 91.1 Å². The van der Waals surface area contributed by atoms with Crippen LogP contribution in [0.3, 0.4) is 0 Å². The zero-order chi connectivity index (χ0) is 10.7. The van der Waals surface area contributed by atoms with Crippen molar-refractivity contribution < 1.29 is 0 Å². The van der Waals surface area contributed by atoms with E-state index in [0.717, 1.165) is 32.0 Å². The summed E-state index contributed by atoms with van der Waals surface area (Å²) < 4.78 is 2.23. The molecule has 15 heavy (non-hydrogen) atoms. The topological polar surface area (TPSA) is 47.1 Å². The van der Waals surface area contributed by atoms with Crippen LogP contribution in [0.2, 0.25) is 0 Å². The first-order chi connectivity index (χ1) is 7.36. The monoisotopic (exact) mass is 208 g/mol. The van der Waals surface area contributed by atoms with E-state index in [2.05, 4.69) is 27.6 Å². The lowest BCUT2D eigenvalue weighted by atomic mass is 10.2. The summed E-state index contributed by atoms with van der Waals surface area (Å²) in [5, 5.41) is 0. The highest BCUT2D eigenvalue weighted by molar-refractivity contribution is 5.35. The molecule has 2 N–H and O–H groups in total. The van der Waals surface area contributed by atoms with Crippen molar-refractivity contribution in [1.82, 2.24) is 9.55 Å². The van der Waals surface area contributed by atoms with Crippen LogP contribution in [0.1, 0.15) is 26.2 Å². The molecule has 4 nitrogen and oxygen atoms in total. The Kier molecular flexibility index (Phi) is 3.26. The van der Waals surface area contributed by atoms with Gasteiger partial charge in [-0.2, -0.15) is 0 Å². The molecule has 1 saturated heterocycles. The molecule has 84 valence electrons. The first-order valence-corrected chi connectivity index (χ1v) is 5.84. The van der Waals surface area contributed by atoms with Gasteiger partial charge < -0.3 is 15.2 Å². The molecule has 1 unspecified atom stereocenters. The fourth-order valence-electron chi connectivity index (χ4n) is 2.32. The van der Waals surface area contributed by atoms with Crippen LogP contribution in [0.25, 0.3) is 0 Å². The van der Waals surface area contributed by atoms with Gasteiger partial charge in [-0.25, -0.2) is 4.98 Å². The summed E-state index contributed by atoms with van der Waals surface area (Å²) in [7, 11) is 0. The lowest BCUT2D eigenvalue weighted by Crippen LogP contribution is -2.37. The molecule has 0 bridgehead atoms. The van der Waals surface area contributed by atoms with Crippen molar-refractivity contribution in [2.45, 2.75) is 38.8 Å². The van der Waals surface area contributed by atoms with Crippen LogP contribution in [0, 0.1) is 0 Å². The van der Waals surface area contributed by atoms with Gasteiger partial charge in [0.1, 0.15) is 0 Å². The third-order valence-corrected chi connectivity index (χ3v) is 3.06. The summed E-state index contributed by atoms with van der Waals surface area (Å²) >= 11 is 0. The Morgan fingerprint density at radius 1 is 1.60 bits per heavy atom. The third kappa shape index (κ3) is 2.00. The number of nitrogens with two attached hydrogens (primary N) is 1. The van der Waals surface area contributed by atoms with Gasteiger partial charge in [-0.3, -0.25) is 0 Å². The molecule has 1 atom stereocenters. The van der Waals surface area contributed by atoms with Gasteiger partial charge in [0, 0.05) is 38.1 Å². The molecule has 0 saturated carbocycles. The number of imidazole rings is 1. The van der Waals surface area contributed by atoms with Gasteiger partial charge in [-0.1, -0.05) is 6.92 Å². The Hall–Kier alpha value is -1.03. The van der Waals surface area contributed by atoms with E-state index in [1.165, 1.54) is 12.8 Å². The van der Waals surface area contributed by atoms with Gasteiger partial charge in [-0.05, 0) is 19.3 Å². The second-order valence-corrected chi connectivity index (χ2v) is 4.15. The Morgan fingerprint density at radius 2 is 2.47 bits per heavy atom. The average Bonchev–Trinajstić information content (AvgIpc) is 2.84. The summed E-state index contributed by atoms with van der Waals surface area (Å²) in [6, 6.07) is 0.489. The molecule has 0 aromatic carbocycles. The standard InChI is InChI=1S/C11H20N4/c1-2-6-14-8-5-13-11(14)15-7-3-4-10(15)9-12/h5,8,10H,2-4,6-7,9,12H2,1H3. The fraction of sp³-hybridized carbons (Fsp3) is 0.727. The van der Waals surface area contributed by atoms with E-state index in [1.807, 2.05) is 6.20 Å². The third-order valence-electron chi connectivity index (χ3n) is 3.06. The normalized spacial score (nSPS) is 21.2. The number of aryl methyl sites for hydroxylation is 1. The van der Waals surface area contributed by atoms with Gasteiger partial charge in [-0.15, -0.1) is 0 Å². The van der Waals surface area contributed by atoms with E-state index in [9.17, 15) is 0 Å². The zero-order valence-electron chi connectivity index (χ0n) is 9.39. The number of aromatic nitrogens is 2. The number of hydrogen-bond acceptors (Lipinski definition) is 3. The quantitative estimate of drug-likeness (QED) is 0.809. The van der Waals surface area contributed by atoms with Gasteiger partial charge >= 0.3 is 0 Å². The second-order valence-electron chi connectivity index (χ2n) is 4.15. The average molecular weight is 208 g/mol. The van der Waals surface area contributed by atoms with E-state index >= 15 is 0 Å². The molecule has 1 aliphatic heterocycles. The molecule has 0 spiro atoms. The van der Waals surface area contributed by atoms with E-state index in [4.69, 9.17) is 5.73 Å². The summed E-state index contributed by atoms with van der Waals surface area (Å²) in [5.74, 6) is 1.10. The molecule has 4 heteroatoms. The van der Waals surface area contributed by atoms with Crippen molar-refractivity contribution in [3.05, 3.63) is 12.4 Å². The van der Waals surface area contributed by atoms with Crippen molar-refractivity contribution in [2.75, 3.05) is 18.0 Å². The predicted molar refractivity (Wildman–Crippen MR) is 61.9 cm³/mol. The van der Waals surface area contributed by atoms with E-state index in [1.54, 1.807) is 0 Å². The second kappa shape index (κ2) is 4.66. The molecular weight excluding hydrogens is 188 g/mol. The van der Waals surface area contributed by atoms with Crippen molar-refractivity contribution in [2.24, 2.45) is 5.73 Å². The lowest BCUT2D eigenvalue weighted by Gasteiger charge is -2.25. The van der Waals surface area contributed by atoms with Crippen LogP contribution < -0.4 is 10.6 Å². The number of rotatable bonds is 4. The highest BCUT2D eigenvalue weighted by Gasteiger charge is 2.26. The van der Waals surface area contributed by atoms with Gasteiger partial charge in [0.05, 0.1) is 0 Å². The molecule has 2 heterocycles. The molecule has 0 radical (unpaired) electrons. The Bertz CT molecular complexity index is 307. The molecule has 0 aliphatic carbocycles. The van der Waals surface area contributed by atoms with Crippen molar-refractivity contribution in [3.63, 3.8) is 0 Å². The van der Waals surface area contributed by atoms with Gasteiger partial charge in [0.15, 0.2) is 0 Å². The molecular formula is C11H20N4. The molecule has 2 rings (SSSR count). The SMILES string of the molecule is CCCn1ccnc1N1CCCC1CN. The molecule has 0 amide bonds. The van der Waals surface area contributed by atoms with Crippen LogP contribution in [-0.4, -0.2) is 28.7 Å². The van der Waals surface area contributed by atoms with E-state index in [-0.39, 0.29) is 0 Å². The minimum atomic E-state index is 0.489. The summed E-state index contributed by atoms with van der Waals surface area (Å²) in [6.07, 6.45) is 7.53. The maximum atomic E-state index is 5.78.